The largest absolute Gasteiger partial charge is 0.322 e. The number of aromatic nitrogens is 6. The normalized spacial score (nSPS) is 17.5. The van der Waals surface area contributed by atoms with Gasteiger partial charge in [0.15, 0.2) is 0 Å². The number of nitrogens with zero attached hydrogens (tertiary/aromatic N) is 6. The van der Waals surface area contributed by atoms with Crippen LogP contribution in [-0.4, -0.2) is 35.7 Å². The molecule has 8 heteroatoms. The molecule has 0 bridgehead atoms. The van der Waals surface area contributed by atoms with Gasteiger partial charge in [0, 0.05) is 17.4 Å². The summed E-state index contributed by atoms with van der Waals surface area (Å²) < 4.78 is 1.69. The maximum absolute atomic E-state index is 12.9. The predicted molar refractivity (Wildman–Crippen MR) is 116 cm³/mol. The molecule has 8 nitrogen and oxygen atoms in total. The number of hydrogen-bond donors (Lipinski definition) is 1. The smallest absolute Gasteiger partial charge is 0.259 e. The average Bonchev–Trinajstić information content (AvgIpc) is 3.35. The Hall–Kier alpha value is -3.55. The van der Waals surface area contributed by atoms with Crippen molar-refractivity contribution in [1.82, 2.24) is 29.8 Å². The van der Waals surface area contributed by atoms with E-state index in [1.54, 1.807) is 15.5 Å². The maximum Gasteiger partial charge on any atom is 0.259 e. The zero-order valence-electron chi connectivity index (χ0n) is 17.3. The lowest BCUT2D eigenvalue weighted by Gasteiger charge is -2.53. The lowest BCUT2D eigenvalue weighted by atomic mass is 9.54. The van der Waals surface area contributed by atoms with E-state index in [1.807, 2.05) is 49.5 Å². The molecule has 2 aliphatic carbocycles. The van der Waals surface area contributed by atoms with Crippen LogP contribution in [0.2, 0.25) is 0 Å². The molecule has 156 valence electrons. The van der Waals surface area contributed by atoms with E-state index in [4.69, 9.17) is 0 Å². The minimum atomic E-state index is -0.196. The van der Waals surface area contributed by atoms with E-state index < -0.39 is 0 Å². The Kier molecular flexibility index (Phi) is 3.96. The van der Waals surface area contributed by atoms with Gasteiger partial charge in [0.2, 0.25) is 5.82 Å². The third-order valence-electron chi connectivity index (χ3n) is 6.92. The first kappa shape index (κ1) is 18.2. The molecule has 1 aromatic carbocycles. The second kappa shape index (κ2) is 6.73. The number of nitrogens with one attached hydrogen (secondary N) is 1. The Bertz CT molecular complexity index is 1290. The van der Waals surface area contributed by atoms with Crippen LogP contribution in [-0.2, 0) is 0 Å². The molecule has 2 fully saturated rings. The minimum Gasteiger partial charge on any atom is -0.322 e. The van der Waals surface area contributed by atoms with E-state index in [-0.39, 0.29) is 5.91 Å². The molecule has 3 aromatic heterocycles. The number of carbonyl (C=O) groups excluding carboxylic acids is 1. The molecule has 1 amide bonds. The van der Waals surface area contributed by atoms with Crippen molar-refractivity contribution in [1.29, 1.82) is 0 Å². The molecule has 1 N–H and O–H groups in total. The van der Waals surface area contributed by atoms with Gasteiger partial charge in [-0.25, -0.2) is 4.52 Å². The summed E-state index contributed by atoms with van der Waals surface area (Å²) >= 11 is 0. The summed E-state index contributed by atoms with van der Waals surface area (Å²) in [5.74, 6) is 0.388. The van der Waals surface area contributed by atoms with Gasteiger partial charge in [-0.2, -0.15) is 9.90 Å². The molecule has 1 spiro atoms. The number of aryl methyl sites for hydroxylation is 1. The molecule has 4 aromatic rings. The Morgan fingerprint density at radius 1 is 1.19 bits per heavy atom. The van der Waals surface area contributed by atoms with E-state index in [1.165, 1.54) is 19.3 Å². The highest BCUT2D eigenvalue weighted by Crippen LogP contribution is 2.60. The Morgan fingerprint density at radius 2 is 2.06 bits per heavy atom. The Morgan fingerprint density at radius 3 is 2.87 bits per heavy atom. The maximum atomic E-state index is 12.9. The molecule has 3 heterocycles. The number of amides is 1. The van der Waals surface area contributed by atoms with Crippen LogP contribution in [0.3, 0.4) is 0 Å². The van der Waals surface area contributed by atoms with Gasteiger partial charge in [-0.1, -0.05) is 24.6 Å². The first-order valence-electron chi connectivity index (χ1n) is 10.7. The molecule has 0 radical (unpaired) electrons. The number of tetrazole rings is 1. The van der Waals surface area contributed by atoms with Crippen molar-refractivity contribution in [2.75, 3.05) is 5.32 Å². The average molecular weight is 413 g/mol. The van der Waals surface area contributed by atoms with Gasteiger partial charge in [-0.15, -0.1) is 10.2 Å². The third kappa shape index (κ3) is 3.01. The van der Waals surface area contributed by atoms with Crippen molar-refractivity contribution < 1.29 is 4.79 Å². The lowest BCUT2D eigenvalue weighted by Crippen LogP contribution is -2.44. The third-order valence-corrected chi connectivity index (χ3v) is 6.92. The fraction of sp³-hybridized carbons (Fsp3) is 0.348. The summed E-state index contributed by atoms with van der Waals surface area (Å²) in [6, 6.07) is 11.9. The number of rotatable bonds is 4. The first-order valence-corrected chi connectivity index (χ1v) is 10.7. The highest BCUT2D eigenvalue weighted by molar-refractivity contribution is 6.09. The number of pyridine rings is 1. The van der Waals surface area contributed by atoms with Gasteiger partial charge in [0.25, 0.3) is 5.91 Å². The molecular formula is C23H23N7O. The summed E-state index contributed by atoms with van der Waals surface area (Å²) in [6.07, 6.45) is 9.79. The summed E-state index contributed by atoms with van der Waals surface area (Å²) in [7, 11) is 0. The van der Waals surface area contributed by atoms with Crippen molar-refractivity contribution in [3.8, 4) is 11.4 Å². The number of carbonyl (C=O) groups is 1. The fourth-order valence-corrected chi connectivity index (χ4v) is 4.88. The predicted octanol–water partition coefficient (Wildman–Crippen LogP) is 4.05. The first-order chi connectivity index (χ1) is 15.1. The molecule has 31 heavy (non-hydrogen) atoms. The van der Waals surface area contributed by atoms with Crippen LogP contribution < -0.4 is 5.32 Å². The minimum absolute atomic E-state index is 0.196. The standard InChI is InChI=1S/C23H23N7O/c1-15-6-7-16(21-26-28-30(27-21)17-12-23(13-17)8-4-9-23)11-19(15)25-22(31)18-14-24-29-10-3-2-5-20(18)29/h2-3,5-7,10-11,14,17H,4,8-9,12-13H2,1H3,(H,25,31). The van der Waals surface area contributed by atoms with Gasteiger partial charge in [0.1, 0.15) is 0 Å². The molecular weight excluding hydrogens is 390 g/mol. The van der Waals surface area contributed by atoms with E-state index >= 15 is 0 Å². The number of benzene rings is 1. The quantitative estimate of drug-likeness (QED) is 0.545. The summed E-state index contributed by atoms with van der Waals surface area (Å²) in [5, 5.41) is 20.5. The molecule has 2 aliphatic rings. The van der Waals surface area contributed by atoms with E-state index in [0.717, 1.165) is 35.2 Å². The molecule has 6 rings (SSSR count). The van der Waals surface area contributed by atoms with Gasteiger partial charge >= 0.3 is 0 Å². The monoisotopic (exact) mass is 413 g/mol. The van der Waals surface area contributed by atoms with Crippen LogP contribution in [0.4, 0.5) is 5.69 Å². The van der Waals surface area contributed by atoms with E-state index in [9.17, 15) is 4.79 Å². The second-order valence-electron chi connectivity index (χ2n) is 8.92. The van der Waals surface area contributed by atoms with E-state index in [0.29, 0.717) is 22.8 Å². The molecule has 0 unspecified atom stereocenters. The fourth-order valence-electron chi connectivity index (χ4n) is 4.88. The summed E-state index contributed by atoms with van der Waals surface area (Å²) in [4.78, 5) is 14.7. The molecule has 0 saturated heterocycles. The van der Waals surface area contributed by atoms with Crippen LogP contribution in [0.15, 0.2) is 48.8 Å². The van der Waals surface area contributed by atoms with Crippen molar-refractivity contribution in [2.24, 2.45) is 5.41 Å². The highest BCUT2D eigenvalue weighted by atomic mass is 16.1. The van der Waals surface area contributed by atoms with Crippen LogP contribution in [0, 0.1) is 12.3 Å². The molecule has 0 atom stereocenters. The molecule has 2 saturated carbocycles. The van der Waals surface area contributed by atoms with Gasteiger partial charge in [-0.05, 0) is 67.0 Å². The van der Waals surface area contributed by atoms with Crippen LogP contribution in [0.1, 0.15) is 54.1 Å². The summed E-state index contributed by atoms with van der Waals surface area (Å²) in [6.45, 7) is 1.96. The van der Waals surface area contributed by atoms with Crippen LogP contribution >= 0.6 is 0 Å². The summed E-state index contributed by atoms with van der Waals surface area (Å²) in [5.41, 5.74) is 4.40. The Balaban J connectivity index is 1.23. The van der Waals surface area contributed by atoms with Gasteiger partial charge in [-0.3, -0.25) is 4.79 Å². The molecule has 0 aliphatic heterocycles. The second-order valence-corrected chi connectivity index (χ2v) is 8.92. The Labute approximate surface area is 179 Å². The van der Waals surface area contributed by atoms with Crippen LogP contribution in [0.5, 0.6) is 0 Å². The SMILES string of the molecule is Cc1ccc(-c2nnn(C3CC4(CCC4)C3)n2)cc1NC(=O)c1cnn2ccccc12. The number of fused-ring (bicyclic) bond motifs is 1. The van der Waals surface area contributed by atoms with Crippen molar-refractivity contribution in [3.05, 3.63) is 59.9 Å². The lowest BCUT2D eigenvalue weighted by molar-refractivity contribution is -0.0279. The van der Waals surface area contributed by atoms with E-state index in [2.05, 4.69) is 25.8 Å². The van der Waals surface area contributed by atoms with Gasteiger partial charge < -0.3 is 5.32 Å². The van der Waals surface area contributed by atoms with Gasteiger partial charge in [0.05, 0.1) is 23.3 Å². The van der Waals surface area contributed by atoms with Crippen molar-refractivity contribution in [2.45, 2.75) is 45.1 Å². The topological polar surface area (TPSA) is 90.0 Å². The highest BCUT2D eigenvalue weighted by Gasteiger charge is 2.49. The van der Waals surface area contributed by atoms with Crippen molar-refractivity contribution in [3.63, 3.8) is 0 Å². The number of hydrogen-bond acceptors (Lipinski definition) is 5. The zero-order valence-corrected chi connectivity index (χ0v) is 17.3. The van der Waals surface area contributed by atoms with Crippen molar-refractivity contribution >= 4 is 17.1 Å². The number of anilines is 1. The van der Waals surface area contributed by atoms with Crippen LogP contribution in [0.25, 0.3) is 16.9 Å². The zero-order chi connectivity index (χ0) is 21.0.